The zero-order valence-electron chi connectivity index (χ0n) is 19.0. The van der Waals surface area contributed by atoms with E-state index >= 15 is 0 Å². The summed E-state index contributed by atoms with van der Waals surface area (Å²) in [5, 5.41) is 2.61. The highest BCUT2D eigenvalue weighted by Gasteiger charge is 2.32. The van der Waals surface area contributed by atoms with Crippen molar-refractivity contribution < 1.29 is 23.5 Å². The van der Waals surface area contributed by atoms with Gasteiger partial charge in [0, 0.05) is 37.0 Å². The van der Waals surface area contributed by atoms with Crippen LogP contribution in [0.4, 0.5) is 14.9 Å². The van der Waals surface area contributed by atoms with E-state index in [-0.39, 0.29) is 24.9 Å². The highest BCUT2D eigenvalue weighted by molar-refractivity contribution is 5.93. The van der Waals surface area contributed by atoms with Gasteiger partial charge >= 0.3 is 6.09 Å². The lowest BCUT2D eigenvalue weighted by Crippen LogP contribution is -2.36. The lowest BCUT2D eigenvalue weighted by atomic mass is 10.0. The predicted molar refractivity (Wildman–Crippen MR) is 127 cm³/mol. The van der Waals surface area contributed by atoms with Crippen molar-refractivity contribution in [3.05, 3.63) is 83.9 Å². The van der Waals surface area contributed by atoms with E-state index in [4.69, 9.17) is 4.74 Å². The predicted octanol–water partition coefficient (Wildman–Crippen LogP) is 2.78. The van der Waals surface area contributed by atoms with Crippen LogP contribution in [-0.2, 0) is 16.1 Å². The van der Waals surface area contributed by atoms with Gasteiger partial charge in [0.25, 0.3) is 5.91 Å². The second-order valence-electron chi connectivity index (χ2n) is 7.96. The summed E-state index contributed by atoms with van der Waals surface area (Å²) in [5.41, 5.74) is 8.31. The molecule has 2 heterocycles. The number of halogens is 1. The first-order chi connectivity index (χ1) is 16.9. The molecule has 10 heteroatoms. The number of nitrogens with one attached hydrogen (secondary N) is 3. The smallest absolute Gasteiger partial charge is 0.414 e. The molecule has 0 saturated carbocycles. The fraction of sp³-hybridized carbons (Fsp3) is 0.200. The first-order valence-corrected chi connectivity index (χ1v) is 11.0. The van der Waals surface area contributed by atoms with Crippen molar-refractivity contribution in [2.75, 3.05) is 18.0 Å². The van der Waals surface area contributed by atoms with Crippen molar-refractivity contribution in [2.24, 2.45) is 0 Å². The number of ether oxygens (including phenoxy) is 1. The number of anilines is 1. The molecule has 3 N–H and O–H groups in total. The molecule has 1 aliphatic heterocycles. The Labute approximate surface area is 201 Å². The van der Waals surface area contributed by atoms with E-state index in [0.29, 0.717) is 28.9 Å². The number of carbonyl (C=O) groups excluding carboxylic acids is 3. The molecule has 1 atom stereocenters. The number of amides is 3. The molecule has 1 aromatic heterocycles. The second-order valence-corrected chi connectivity index (χ2v) is 7.96. The van der Waals surface area contributed by atoms with Crippen LogP contribution in [0.1, 0.15) is 22.8 Å². The van der Waals surface area contributed by atoms with Crippen LogP contribution < -0.4 is 21.1 Å². The first kappa shape index (κ1) is 23.8. The number of rotatable bonds is 8. The maximum Gasteiger partial charge on any atom is 0.414 e. The molecule has 1 fully saturated rings. The molecule has 1 aliphatic rings. The maximum absolute atomic E-state index is 14.9. The van der Waals surface area contributed by atoms with Crippen molar-refractivity contribution in [1.29, 1.82) is 0 Å². The van der Waals surface area contributed by atoms with Crippen molar-refractivity contribution in [1.82, 2.24) is 21.2 Å². The first-order valence-electron chi connectivity index (χ1n) is 11.0. The van der Waals surface area contributed by atoms with Crippen LogP contribution in [0.15, 0.2) is 67.0 Å². The van der Waals surface area contributed by atoms with Crippen LogP contribution in [0.2, 0.25) is 0 Å². The molecule has 3 amide bonds. The molecule has 4 rings (SSSR count). The van der Waals surface area contributed by atoms with Gasteiger partial charge < -0.3 is 10.1 Å². The molecule has 0 radical (unpaired) electrons. The topological polar surface area (TPSA) is 113 Å². The van der Waals surface area contributed by atoms with Gasteiger partial charge in [-0.3, -0.25) is 24.9 Å². The second kappa shape index (κ2) is 10.7. The summed E-state index contributed by atoms with van der Waals surface area (Å²) >= 11 is 0. The molecular formula is C25H24FN5O4. The van der Waals surface area contributed by atoms with Crippen LogP contribution in [0.3, 0.4) is 0 Å². The maximum atomic E-state index is 14.9. The molecule has 3 aromatic rings. The van der Waals surface area contributed by atoms with Crippen molar-refractivity contribution in [3.63, 3.8) is 0 Å². The molecule has 1 saturated heterocycles. The normalized spacial score (nSPS) is 15.0. The van der Waals surface area contributed by atoms with Crippen LogP contribution >= 0.6 is 0 Å². The Bertz CT molecular complexity index is 1220. The van der Waals surface area contributed by atoms with Gasteiger partial charge in [0.05, 0.1) is 18.8 Å². The fourth-order valence-corrected chi connectivity index (χ4v) is 3.61. The van der Waals surface area contributed by atoms with E-state index in [0.717, 1.165) is 5.56 Å². The van der Waals surface area contributed by atoms with E-state index in [1.165, 1.54) is 17.9 Å². The summed E-state index contributed by atoms with van der Waals surface area (Å²) in [6.45, 7) is 2.19. The Morgan fingerprint density at radius 2 is 1.86 bits per heavy atom. The van der Waals surface area contributed by atoms with Gasteiger partial charge in [-0.2, -0.15) is 0 Å². The van der Waals surface area contributed by atoms with Gasteiger partial charge in [-0.15, -0.1) is 0 Å². The highest BCUT2D eigenvalue weighted by Crippen LogP contribution is 2.29. The van der Waals surface area contributed by atoms with E-state index in [1.54, 1.807) is 48.8 Å². The average Bonchev–Trinajstić information content (AvgIpc) is 3.24. The van der Waals surface area contributed by atoms with E-state index in [9.17, 15) is 18.8 Å². The Hall–Kier alpha value is -4.31. The van der Waals surface area contributed by atoms with Gasteiger partial charge in [0.1, 0.15) is 11.9 Å². The van der Waals surface area contributed by atoms with Crippen molar-refractivity contribution in [2.45, 2.75) is 19.6 Å². The van der Waals surface area contributed by atoms with Gasteiger partial charge in [0.15, 0.2) is 0 Å². The number of hydrogen-bond acceptors (Lipinski definition) is 6. The van der Waals surface area contributed by atoms with Crippen LogP contribution in [0, 0.1) is 5.82 Å². The number of cyclic esters (lactones) is 1. The monoisotopic (exact) mass is 477 g/mol. The zero-order valence-corrected chi connectivity index (χ0v) is 19.0. The molecule has 180 valence electrons. The number of carbonyl (C=O) groups is 3. The van der Waals surface area contributed by atoms with Crippen LogP contribution in [-0.4, -0.2) is 42.1 Å². The van der Waals surface area contributed by atoms with Gasteiger partial charge in [0.2, 0.25) is 5.91 Å². The van der Waals surface area contributed by atoms with Crippen molar-refractivity contribution >= 4 is 23.6 Å². The minimum atomic E-state index is -0.583. The number of aromatic nitrogens is 1. The molecular weight excluding hydrogens is 453 g/mol. The number of hydrogen-bond donors (Lipinski definition) is 3. The molecule has 0 bridgehead atoms. The molecule has 35 heavy (non-hydrogen) atoms. The summed E-state index contributed by atoms with van der Waals surface area (Å²) in [6, 6.07) is 15.0. The Morgan fingerprint density at radius 1 is 1.11 bits per heavy atom. The third kappa shape index (κ3) is 5.98. The molecule has 0 spiro atoms. The Balaban J connectivity index is 1.35. The third-order valence-electron chi connectivity index (χ3n) is 5.42. The summed E-state index contributed by atoms with van der Waals surface area (Å²) in [7, 11) is 0. The number of nitrogens with zero attached hydrogens (tertiary/aromatic N) is 2. The van der Waals surface area contributed by atoms with Crippen LogP contribution in [0.5, 0.6) is 0 Å². The molecule has 9 nitrogen and oxygen atoms in total. The van der Waals surface area contributed by atoms with Gasteiger partial charge in [-0.1, -0.05) is 24.3 Å². The largest absolute Gasteiger partial charge is 0.442 e. The van der Waals surface area contributed by atoms with Gasteiger partial charge in [-0.05, 0) is 41.5 Å². The highest BCUT2D eigenvalue weighted by atomic mass is 19.1. The Morgan fingerprint density at radius 3 is 2.54 bits per heavy atom. The summed E-state index contributed by atoms with van der Waals surface area (Å²) in [5.74, 6) is -0.961. The number of benzene rings is 2. The summed E-state index contributed by atoms with van der Waals surface area (Å²) in [6.07, 6.45) is 2.01. The molecule has 0 unspecified atom stereocenters. The van der Waals surface area contributed by atoms with E-state index in [1.807, 2.05) is 12.1 Å². The zero-order chi connectivity index (χ0) is 24.8. The molecule has 0 aliphatic carbocycles. The SMILES string of the molecule is CC(=O)NC[C@H]1CN(c2ccc(-c3ccc(CNNC(=O)c4ccncc4)cc3)c(F)c2)C(=O)O1. The van der Waals surface area contributed by atoms with Crippen molar-refractivity contribution in [3.8, 4) is 11.1 Å². The number of pyridine rings is 1. The Kier molecular flexibility index (Phi) is 7.32. The number of hydrazine groups is 1. The lowest BCUT2D eigenvalue weighted by Gasteiger charge is -2.15. The van der Waals surface area contributed by atoms with E-state index in [2.05, 4.69) is 21.2 Å². The fourth-order valence-electron chi connectivity index (χ4n) is 3.61. The minimum Gasteiger partial charge on any atom is -0.442 e. The molecule has 2 aromatic carbocycles. The van der Waals surface area contributed by atoms with Crippen LogP contribution in [0.25, 0.3) is 11.1 Å². The minimum absolute atomic E-state index is 0.201. The average molecular weight is 477 g/mol. The summed E-state index contributed by atoms with van der Waals surface area (Å²) < 4.78 is 20.2. The lowest BCUT2D eigenvalue weighted by molar-refractivity contribution is -0.119. The van der Waals surface area contributed by atoms with Gasteiger partial charge in [-0.25, -0.2) is 14.6 Å². The standard InChI is InChI=1S/C25H24FN5O4/c1-16(32)28-14-21-15-31(25(34)35-21)20-6-7-22(23(26)12-20)18-4-2-17(3-5-18)13-29-30-24(33)19-8-10-27-11-9-19/h2-12,21,29H,13-15H2,1H3,(H,28,32)(H,30,33)/t21-/m0/s1. The van der Waals surface area contributed by atoms with E-state index < -0.39 is 18.0 Å². The third-order valence-corrected chi connectivity index (χ3v) is 5.42. The quantitative estimate of drug-likeness (QED) is 0.430. The summed E-state index contributed by atoms with van der Waals surface area (Å²) in [4.78, 5) is 40.5.